The molecule has 0 radical (unpaired) electrons. The fraction of sp³-hybridized carbons (Fsp3) is 0.562. The zero-order valence-corrected chi connectivity index (χ0v) is 14.0. The molecule has 1 aromatic heterocycles. The largest absolute Gasteiger partial charge is 1.00 e. The van der Waals surface area contributed by atoms with Crippen LogP contribution in [0.25, 0.3) is 11.0 Å². The molecule has 0 saturated carbocycles. The number of fused-ring (bicyclic) bond motifs is 1. The fourth-order valence-corrected chi connectivity index (χ4v) is 2.58. The van der Waals surface area contributed by atoms with Crippen molar-refractivity contribution in [1.82, 2.24) is 9.47 Å². The minimum absolute atomic E-state index is 0. The number of hydrogen-bond donors (Lipinski definition) is 0. The smallest absolute Gasteiger partial charge is 0.244 e. The molecule has 0 aliphatic heterocycles. The summed E-state index contributed by atoms with van der Waals surface area (Å²) in [7, 11) is 1.75. The molecule has 0 amide bonds. The van der Waals surface area contributed by atoms with E-state index in [-0.39, 0.29) is 12.4 Å². The van der Waals surface area contributed by atoms with Crippen LogP contribution in [0.15, 0.2) is 30.6 Å². The van der Waals surface area contributed by atoms with Crippen LogP contribution in [0.3, 0.4) is 0 Å². The van der Waals surface area contributed by atoms with Crippen molar-refractivity contribution < 1.29 is 21.7 Å². The summed E-state index contributed by atoms with van der Waals surface area (Å²) < 4.78 is 9.83. The van der Waals surface area contributed by atoms with Crippen LogP contribution in [-0.2, 0) is 17.8 Å². The van der Waals surface area contributed by atoms with Crippen LogP contribution in [0.1, 0.15) is 13.8 Å². The summed E-state index contributed by atoms with van der Waals surface area (Å²) in [6.07, 6.45) is 2.22. The molecule has 21 heavy (non-hydrogen) atoms. The zero-order valence-electron chi connectivity index (χ0n) is 13.3. The molecular formula is C16H26ClN3O. The van der Waals surface area contributed by atoms with E-state index in [4.69, 9.17) is 4.74 Å². The van der Waals surface area contributed by atoms with E-state index in [0.29, 0.717) is 0 Å². The summed E-state index contributed by atoms with van der Waals surface area (Å²) in [6, 6.07) is 8.58. The minimum atomic E-state index is 0. The predicted octanol–water partition coefficient (Wildman–Crippen LogP) is -1.08. The maximum Gasteiger partial charge on any atom is 0.244 e. The number of imidazole rings is 1. The van der Waals surface area contributed by atoms with Gasteiger partial charge in [0.2, 0.25) is 6.33 Å². The number of ether oxygens (including phenoxy) is 1. The van der Waals surface area contributed by atoms with Crippen molar-refractivity contribution >= 4 is 11.0 Å². The molecule has 2 rings (SSSR count). The second-order valence-electron chi connectivity index (χ2n) is 5.01. The molecule has 118 valence electrons. The van der Waals surface area contributed by atoms with E-state index in [9.17, 15) is 0 Å². The first-order valence-electron chi connectivity index (χ1n) is 7.48. The zero-order chi connectivity index (χ0) is 14.4. The molecule has 1 aromatic carbocycles. The van der Waals surface area contributed by atoms with Crippen molar-refractivity contribution in [2.24, 2.45) is 0 Å². The summed E-state index contributed by atoms with van der Waals surface area (Å²) >= 11 is 0. The third kappa shape index (κ3) is 4.43. The van der Waals surface area contributed by atoms with Gasteiger partial charge < -0.3 is 17.1 Å². The highest BCUT2D eigenvalue weighted by Gasteiger charge is 2.15. The van der Waals surface area contributed by atoms with Crippen LogP contribution in [0.2, 0.25) is 0 Å². The number of methoxy groups -OCH3 is 1. The number of hydrogen-bond acceptors (Lipinski definition) is 2. The molecule has 5 heteroatoms. The third-order valence-electron chi connectivity index (χ3n) is 3.87. The van der Waals surface area contributed by atoms with Crippen molar-refractivity contribution in [2.45, 2.75) is 26.9 Å². The van der Waals surface area contributed by atoms with Crippen molar-refractivity contribution in [1.29, 1.82) is 0 Å². The van der Waals surface area contributed by atoms with Crippen molar-refractivity contribution in [3.63, 3.8) is 0 Å². The highest BCUT2D eigenvalue weighted by atomic mass is 35.5. The summed E-state index contributed by atoms with van der Waals surface area (Å²) in [4.78, 5) is 2.45. The van der Waals surface area contributed by atoms with Crippen molar-refractivity contribution in [2.75, 3.05) is 33.4 Å². The summed E-state index contributed by atoms with van der Waals surface area (Å²) in [6.45, 7) is 10.4. The summed E-state index contributed by atoms with van der Waals surface area (Å²) in [5.41, 5.74) is 2.58. The Morgan fingerprint density at radius 1 is 1.19 bits per heavy atom. The molecule has 0 spiro atoms. The van der Waals surface area contributed by atoms with Gasteiger partial charge >= 0.3 is 0 Å². The lowest BCUT2D eigenvalue weighted by Crippen LogP contribution is -3.00. The minimum Gasteiger partial charge on any atom is -1.00 e. The van der Waals surface area contributed by atoms with Gasteiger partial charge in [-0.25, -0.2) is 9.13 Å². The topological polar surface area (TPSA) is 21.3 Å². The molecule has 0 unspecified atom stereocenters. The van der Waals surface area contributed by atoms with Gasteiger partial charge in [0.25, 0.3) is 0 Å². The molecule has 4 nitrogen and oxygen atoms in total. The van der Waals surface area contributed by atoms with Gasteiger partial charge in [0.1, 0.15) is 13.1 Å². The normalized spacial score (nSPS) is 11.0. The van der Waals surface area contributed by atoms with Crippen LogP contribution in [0, 0.1) is 0 Å². The molecule has 0 aliphatic carbocycles. The van der Waals surface area contributed by atoms with E-state index in [2.05, 4.69) is 58.5 Å². The SMILES string of the molecule is CCN(CC)CC[n+]1cn(CCOC)c2ccccc21.[Cl-]. The highest BCUT2D eigenvalue weighted by Crippen LogP contribution is 2.10. The standard InChI is InChI=1S/C16H26N3O.ClH/c1-4-17(5-2)10-11-18-14-19(12-13-20-3)16-9-7-6-8-15(16)18;/h6-9,14H,4-5,10-13H2,1-3H3;1H/q+1;/p-1. The maximum atomic E-state index is 5.20. The van der Waals surface area contributed by atoms with Crippen LogP contribution >= 0.6 is 0 Å². The van der Waals surface area contributed by atoms with E-state index >= 15 is 0 Å². The van der Waals surface area contributed by atoms with Gasteiger partial charge in [-0.15, -0.1) is 0 Å². The molecule has 0 aliphatic rings. The number of aromatic nitrogens is 2. The molecule has 0 saturated heterocycles. The molecule has 0 atom stereocenters. The van der Waals surface area contributed by atoms with Gasteiger partial charge in [0.15, 0.2) is 11.0 Å². The molecule has 0 N–H and O–H groups in total. The van der Waals surface area contributed by atoms with Gasteiger partial charge in [-0.2, -0.15) is 0 Å². The van der Waals surface area contributed by atoms with Crippen LogP contribution in [0.5, 0.6) is 0 Å². The summed E-state index contributed by atoms with van der Waals surface area (Å²) in [5, 5.41) is 0. The lowest BCUT2D eigenvalue weighted by atomic mass is 10.3. The van der Waals surface area contributed by atoms with Crippen molar-refractivity contribution in [3.8, 4) is 0 Å². The van der Waals surface area contributed by atoms with E-state index in [1.807, 2.05) is 0 Å². The highest BCUT2D eigenvalue weighted by molar-refractivity contribution is 5.71. The maximum absolute atomic E-state index is 5.20. The number of nitrogens with zero attached hydrogens (tertiary/aromatic N) is 3. The van der Waals surface area contributed by atoms with E-state index in [1.165, 1.54) is 11.0 Å². The molecular weight excluding hydrogens is 286 g/mol. The molecule has 0 bridgehead atoms. The first kappa shape index (κ1) is 18.0. The molecule has 0 fully saturated rings. The number of halogens is 1. The Morgan fingerprint density at radius 2 is 1.90 bits per heavy atom. The number of rotatable bonds is 8. The monoisotopic (exact) mass is 311 g/mol. The van der Waals surface area contributed by atoms with Gasteiger partial charge in [-0.1, -0.05) is 26.0 Å². The van der Waals surface area contributed by atoms with Gasteiger partial charge in [-0.05, 0) is 25.2 Å². The molecule has 1 heterocycles. The first-order valence-corrected chi connectivity index (χ1v) is 7.48. The van der Waals surface area contributed by atoms with E-state index in [1.54, 1.807) is 7.11 Å². The lowest BCUT2D eigenvalue weighted by molar-refractivity contribution is -0.671. The number of benzene rings is 1. The average molecular weight is 312 g/mol. The Hall–Kier alpha value is -1.10. The number of likely N-dealkylation sites (N-methyl/N-ethyl adjacent to an activating group) is 1. The van der Waals surface area contributed by atoms with Crippen LogP contribution in [-0.4, -0.2) is 42.8 Å². The first-order chi connectivity index (χ1) is 9.80. The molecule has 2 aromatic rings. The second kappa shape index (κ2) is 9.03. The van der Waals surface area contributed by atoms with E-state index < -0.39 is 0 Å². The Labute approximate surface area is 133 Å². The lowest BCUT2D eigenvalue weighted by Gasteiger charge is -2.16. The Kier molecular flexibility index (Phi) is 7.72. The Bertz CT molecular complexity index is 537. The van der Waals surface area contributed by atoms with Crippen molar-refractivity contribution in [3.05, 3.63) is 30.6 Å². The summed E-state index contributed by atoms with van der Waals surface area (Å²) in [5.74, 6) is 0. The Morgan fingerprint density at radius 3 is 2.57 bits per heavy atom. The average Bonchev–Trinajstić information content (AvgIpc) is 2.85. The van der Waals surface area contributed by atoms with Gasteiger partial charge in [-0.3, -0.25) is 4.90 Å². The predicted molar refractivity (Wildman–Crippen MR) is 81.8 cm³/mol. The van der Waals surface area contributed by atoms with E-state index in [0.717, 1.165) is 39.3 Å². The van der Waals surface area contributed by atoms with Gasteiger partial charge in [0, 0.05) is 13.7 Å². The third-order valence-corrected chi connectivity index (χ3v) is 3.87. The second-order valence-corrected chi connectivity index (χ2v) is 5.01. The quantitative estimate of drug-likeness (QED) is 0.579. The van der Waals surface area contributed by atoms with Crippen LogP contribution < -0.4 is 17.0 Å². The Balaban J connectivity index is 0.00000220. The fourth-order valence-electron chi connectivity index (χ4n) is 2.58. The van der Waals surface area contributed by atoms with Gasteiger partial charge in [0.05, 0.1) is 6.61 Å². The van der Waals surface area contributed by atoms with Crippen LogP contribution in [0.4, 0.5) is 0 Å². The number of para-hydroxylation sites is 2.